The first-order valence-electron chi connectivity index (χ1n) is 7.93. The average molecular weight is 334 g/mol. The minimum Gasteiger partial charge on any atom is -0.297 e. The van der Waals surface area contributed by atoms with Crippen molar-refractivity contribution < 1.29 is 0 Å². The lowest BCUT2D eigenvalue weighted by atomic mass is 9.93. The molecule has 0 saturated heterocycles. The summed E-state index contributed by atoms with van der Waals surface area (Å²) < 4.78 is 0. The van der Waals surface area contributed by atoms with Crippen molar-refractivity contribution in [3.8, 4) is 0 Å². The van der Waals surface area contributed by atoms with E-state index in [1.54, 1.807) is 0 Å². The van der Waals surface area contributed by atoms with Gasteiger partial charge in [0.2, 0.25) is 0 Å². The summed E-state index contributed by atoms with van der Waals surface area (Å²) in [7, 11) is 0. The van der Waals surface area contributed by atoms with Crippen molar-refractivity contribution in [3.05, 3.63) is 69.2 Å². The van der Waals surface area contributed by atoms with E-state index < -0.39 is 0 Å². The van der Waals surface area contributed by atoms with Crippen molar-refractivity contribution in [2.24, 2.45) is 0 Å². The zero-order valence-corrected chi connectivity index (χ0v) is 14.5. The lowest BCUT2D eigenvalue weighted by molar-refractivity contribution is 0.215. The van der Waals surface area contributed by atoms with Crippen LogP contribution in [-0.4, -0.2) is 18.0 Å². The normalized spacial score (nSPS) is 20.4. The van der Waals surface area contributed by atoms with Gasteiger partial charge in [-0.15, -0.1) is 0 Å². The van der Waals surface area contributed by atoms with Crippen molar-refractivity contribution in [1.82, 2.24) is 4.90 Å². The Labute approximate surface area is 142 Å². The molecule has 1 nitrogen and oxygen atoms in total. The van der Waals surface area contributed by atoms with Gasteiger partial charge in [0.1, 0.15) is 0 Å². The molecule has 2 aromatic rings. The summed E-state index contributed by atoms with van der Waals surface area (Å²) in [6, 6.07) is 15.3. The van der Waals surface area contributed by atoms with Gasteiger partial charge in [-0.1, -0.05) is 67.4 Å². The number of fused-ring (bicyclic) bond motifs is 1. The molecule has 1 aliphatic carbocycles. The molecule has 0 bridgehead atoms. The second-order valence-electron chi connectivity index (χ2n) is 5.83. The van der Waals surface area contributed by atoms with Crippen LogP contribution in [0.1, 0.15) is 48.9 Å². The summed E-state index contributed by atoms with van der Waals surface area (Å²) in [5.41, 5.74) is 4.15. The van der Waals surface area contributed by atoms with E-state index in [2.05, 4.69) is 49.1 Å². The van der Waals surface area contributed by atoms with E-state index >= 15 is 0 Å². The monoisotopic (exact) mass is 333 g/mol. The lowest BCUT2D eigenvalue weighted by Crippen LogP contribution is -2.27. The van der Waals surface area contributed by atoms with Crippen molar-refractivity contribution >= 4 is 23.2 Å². The molecule has 0 amide bonds. The molecule has 0 aliphatic heterocycles. The predicted octanol–water partition coefficient (Wildman–Crippen LogP) is 5.91. The van der Waals surface area contributed by atoms with E-state index in [0.717, 1.165) is 19.5 Å². The molecule has 2 aromatic carbocycles. The van der Waals surface area contributed by atoms with Crippen molar-refractivity contribution in [3.63, 3.8) is 0 Å². The first-order valence-corrected chi connectivity index (χ1v) is 8.69. The summed E-state index contributed by atoms with van der Waals surface area (Å²) in [6.07, 6.45) is 1.11. The SMILES string of the molecule is CCN(CC)[C@H]1C[C@H](c2ccc(Cl)c(Cl)c2)c2ccccc21. The minimum atomic E-state index is 0.400. The molecule has 0 unspecified atom stereocenters. The number of hydrogen-bond donors (Lipinski definition) is 0. The number of halogens is 2. The van der Waals surface area contributed by atoms with Crippen LogP contribution in [0.25, 0.3) is 0 Å². The molecule has 2 atom stereocenters. The fraction of sp³-hybridized carbons (Fsp3) is 0.368. The molecule has 0 heterocycles. The van der Waals surface area contributed by atoms with Gasteiger partial charge < -0.3 is 0 Å². The maximum absolute atomic E-state index is 6.23. The van der Waals surface area contributed by atoms with Gasteiger partial charge in [-0.05, 0) is 48.3 Å². The van der Waals surface area contributed by atoms with Gasteiger partial charge >= 0.3 is 0 Å². The molecule has 0 spiro atoms. The Hall–Kier alpha value is -1.02. The molecule has 3 rings (SSSR count). The molecular weight excluding hydrogens is 313 g/mol. The first kappa shape index (κ1) is 15.9. The van der Waals surface area contributed by atoms with E-state index in [9.17, 15) is 0 Å². The molecule has 0 fully saturated rings. The topological polar surface area (TPSA) is 3.24 Å². The average Bonchev–Trinajstić information content (AvgIpc) is 2.91. The Kier molecular flexibility index (Phi) is 4.77. The van der Waals surface area contributed by atoms with Crippen LogP contribution in [0.2, 0.25) is 10.0 Å². The van der Waals surface area contributed by atoms with Crippen LogP contribution in [0.5, 0.6) is 0 Å². The molecule has 0 saturated carbocycles. The van der Waals surface area contributed by atoms with E-state index in [-0.39, 0.29) is 0 Å². The summed E-state index contributed by atoms with van der Waals surface area (Å²) in [6.45, 7) is 6.62. The van der Waals surface area contributed by atoms with Gasteiger partial charge in [0.15, 0.2) is 0 Å². The molecular formula is C19H21Cl2N. The molecule has 1 aliphatic rings. The number of rotatable bonds is 4. The second-order valence-corrected chi connectivity index (χ2v) is 6.64. The Balaban J connectivity index is 2.02. The fourth-order valence-corrected chi connectivity index (χ4v) is 3.97. The first-order chi connectivity index (χ1) is 10.7. The third-order valence-electron chi connectivity index (χ3n) is 4.79. The predicted molar refractivity (Wildman–Crippen MR) is 95.0 cm³/mol. The highest BCUT2D eigenvalue weighted by Gasteiger charge is 2.34. The van der Waals surface area contributed by atoms with Gasteiger partial charge in [-0.3, -0.25) is 4.90 Å². The van der Waals surface area contributed by atoms with Crippen LogP contribution >= 0.6 is 23.2 Å². The smallest absolute Gasteiger partial charge is 0.0595 e. The van der Waals surface area contributed by atoms with Gasteiger partial charge in [0.25, 0.3) is 0 Å². The van der Waals surface area contributed by atoms with E-state index in [4.69, 9.17) is 23.2 Å². The van der Waals surface area contributed by atoms with Gasteiger partial charge in [-0.25, -0.2) is 0 Å². The summed E-state index contributed by atoms with van der Waals surface area (Å²) in [5, 5.41) is 1.26. The minimum absolute atomic E-state index is 0.400. The van der Waals surface area contributed by atoms with Crippen molar-refractivity contribution in [2.75, 3.05) is 13.1 Å². The lowest BCUT2D eigenvalue weighted by Gasteiger charge is -2.27. The van der Waals surface area contributed by atoms with E-state index in [1.165, 1.54) is 16.7 Å². The van der Waals surface area contributed by atoms with Crippen molar-refractivity contribution in [1.29, 1.82) is 0 Å². The highest BCUT2D eigenvalue weighted by molar-refractivity contribution is 6.42. The van der Waals surface area contributed by atoms with Crippen LogP contribution in [0, 0.1) is 0 Å². The maximum Gasteiger partial charge on any atom is 0.0595 e. The molecule has 0 N–H and O–H groups in total. The van der Waals surface area contributed by atoms with Crippen LogP contribution in [0.15, 0.2) is 42.5 Å². The van der Waals surface area contributed by atoms with Crippen LogP contribution < -0.4 is 0 Å². The second kappa shape index (κ2) is 6.62. The zero-order valence-electron chi connectivity index (χ0n) is 13.0. The van der Waals surface area contributed by atoms with Crippen LogP contribution in [0.4, 0.5) is 0 Å². The van der Waals surface area contributed by atoms with Gasteiger partial charge in [-0.2, -0.15) is 0 Å². The molecule has 0 radical (unpaired) electrons. The third-order valence-corrected chi connectivity index (χ3v) is 5.53. The highest BCUT2D eigenvalue weighted by Crippen LogP contribution is 2.47. The van der Waals surface area contributed by atoms with E-state index in [1.807, 2.05) is 12.1 Å². The summed E-state index contributed by atoms with van der Waals surface area (Å²) in [4.78, 5) is 2.54. The van der Waals surface area contributed by atoms with Crippen LogP contribution in [0.3, 0.4) is 0 Å². The molecule has 0 aromatic heterocycles. The Bertz CT molecular complexity index is 664. The Morgan fingerprint density at radius 1 is 0.955 bits per heavy atom. The third kappa shape index (κ3) is 2.78. The fourth-order valence-electron chi connectivity index (χ4n) is 3.66. The number of hydrogen-bond acceptors (Lipinski definition) is 1. The van der Waals surface area contributed by atoms with Gasteiger partial charge in [0.05, 0.1) is 10.0 Å². The zero-order chi connectivity index (χ0) is 15.7. The molecule has 3 heteroatoms. The molecule has 22 heavy (non-hydrogen) atoms. The van der Waals surface area contributed by atoms with Crippen molar-refractivity contribution in [2.45, 2.75) is 32.2 Å². The van der Waals surface area contributed by atoms with Gasteiger partial charge in [0, 0.05) is 12.0 Å². The Morgan fingerprint density at radius 2 is 1.64 bits per heavy atom. The number of nitrogens with zero attached hydrogens (tertiary/aromatic N) is 1. The standard InChI is InChI=1S/C19H21Cl2N/c1-3-22(4-2)19-12-16(14-7-5-6-8-15(14)19)13-9-10-17(20)18(21)11-13/h5-11,16,19H,3-4,12H2,1-2H3/t16-,19+/m1/s1. The highest BCUT2D eigenvalue weighted by atomic mass is 35.5. The Morgan fingerprint density at radius 3 is 2.27 bits per heavy atom. The quantitative estimate of drug-likeness (QED) is 0.672. The summed E-state index contributed by atoms with van der Waals surface area (Å²) in [5.74, 6) is 0.400. The van der Waals surface area contributed by atoms with Crippen LogP contribution in [-0.2, 0) is 0 Å². The maximum atomic E-state index is 6.23. The molecule has 116 valence electrons. The largest absolute Gasteiger partial charge is 0.297 e. The number of benzene rings is 2. The van der Waals surface area contributed by atoms with E-state index in [0.29, 0.717) is 22.0 Å². The summed E-state index contributed by atoms with van der Waals surface area (Å²) >= 11 is 12.3.